The fraction of sp³-hybridized carbons (Fsp3) is 0.600. The highest BCUT2D eigenvalue weighted by Gasteiger charge is 2.44. The van der Waals surface area contributed by atoms with Crippen LogP contribution in [-0.2, 0) is 4.79 Å². The molecule has 0 bridgehead atoms. The van der Waals surface area contributed by atoms with E-state index >= 15 is 0 Å². The number of rotatable bonds is 4. The van der Waals surface area contributed by atoms with E-state index in [1.54, 1.807) is 27.7 Å². The van der Waals surface area contributed by atoms with Crippen LogP contribution in [0.25, 0.3) is 0 Å². The van der Waals surface area contributed by atoms with E-state index in [0.29, 0.717) is 0 Å². The van der Waals surface area contributed by atoms with Gasteiger partial charge in [-0.3, -0.25) is 9.59 Å². The number of nitrogens with zero attached hydrogens (tertiary/aromatic N) is 2. The summed E-state index contributed by atoms with van der Waals surface area (Å²) in [6, 6.07) is 0. The van der Waals surface area contributed by atoms with Crippen molar-refractivity contribution in [1.29, 1.82) is 0 Å². The summed E-state index contributed by atoms with van der Waals surface area (Å²) in [6.07, 6.45) is 1.35. The topological polar surface area (TPSA) is 92.2 Å². The molecule has 1 amide bonds. The molecule has 1 aromatic rings. The molecule has 0 fully saturated rings. The van der Waals surface area contributed by atoms with E-state index in [9.17, 15) is 9.59 Å². The Morgan fingerprint density at radius 1 is 1.35 bits per heavy atom. The van der Waals surface area contributed by atoms with Gasteiger partial charge >= 0.3 is 5.97 Å². The second-order valence-corrected chi connectivity index (χ2v) is 5.36. The molecule has 0 aliphatic heterocycles. The summed E-state index contributed by atoms with van der Waals surface area (Å²) in [7, 11) is 0. The Labute approximate surface area is 103 Å². The minimum atomic E-state index is -1.09. The van der Waals surface area contributed by atoms with E-state index < -0.39 is 22.8 Å². The van der Waals surface area contributed by atoms with Crippen molar-refractivity contribution in [3.8, 4) is 0 Å². The van der Waals surface area contributed by atoms with Crippen LogP contribution in [0, 0.1) is 5.41 Å². The number of carbonyl (C=O) groups is 2. The Kier molecular flexibility index (Phi) is 3.51. The Morgan fingerprint density at radius 3 is 2.35 bits per heavy atom. The molecule has 1 rings (SSSR count). The molecule has 2 N–H and O–H groups in total. The molecular formula is C10H15N3O3S. The highest BCUT2D eigenvalue weighted by molar-refractivity contribution is 6.99. The van der Waals surface area contributed by atoms with Gasteiger partial charge < -0.3 is 10.4 Å². The molecule has 0 unspecified atom stereocenters. The lowest BCUT2D eigenvalue weighted by Gasteiger charge is -2.38. The number of carboxylic acid groups (broad SMARTS) is 1. The minimum absolute atomic E-state index is 0.198. The first-order valence-corrected chi connectivity index (χ1v) is 5.75. The summed E-state index contributed by atoms with van der Waals surface area (Å²) in [4.78, 5) is 22.9. The molecule has 0 aromatic carbocycles. The maximum absolute atomic E-state index is 11.8. The van der Waals surface area contributed by atoms with Gasteiger partial charge in [0.15, 0.2) is 5.69 Å². The molecule has 1 heterocycles. The number of carbonyl (C=O) groups excluding carboxylic acids is 1. The van der Waals surface area contributed by atoms with Crippen LogP contribution in [0.5, 0.6) is 0 Å². The summed E-state index contributed by atoms with van der Waals surface area (Å²) < 4.78 is 7.52. The number of hydrogen-bond donors (Lipinski definition) is 2. The fourth-order valence-electron chi connectivity index (χ4n) is 1.04. The van der Waals surface area contributed by atoms with Crippen LogP contribution < -0.4 is 5.32 Å². The van der Waals surface area contributed by atoms with E-state index in [0.717, 1.165) is 11.7 Å². The quantitative estimate of drug-likeness (QED) is 0.844. The zero-order valence-corrected chi connectivity index (χ0v) is 11.0. The van der Waals surface area contributed by atoms with Gasteiger partial charge in [0.1, 0.15) is 0 Å². The average molecular weight is 257 g/mol. The van der Waals surface area contributed by atoms with Crippen molar-refractivity contribution in [2.24, 2.45) is 5.41 Å². The van der Waals surface area contributed by atoms with E-state index in [4.69, 9.17) is 5.11 Å². The molecule has 0 aliphatic carbocycles. The molecule has 94 valence electrons. The zero-order chi connectivity index (χ0) is 13.3. The maximum Gasteiger partial charge on any atom is 0.311 e. The van der Waals surface area contributed by atoms with Gasteiger partial charge in [0.2, 0.25) is 0 Å². The minimum Gasteiger partial charge on any atom is -0.481 e. The van der Waals surface area contributed by atoms with Crippen LogP contribution in [0.4, 0.5) is 0 Å². The molecule has 0 radical (unpaired) electrons. The third kappa shape index (κ3) is 2.60. The largest absolute Gasteiger partial charge is 0.481 e. The number of nitrogens with one attached hydrogen (secondary N) is 1. The SMILES string of the molecule is CC(C)(NC(=O)c1cnsn1)C(C)(C)C(=O)O. The molecule has 0 saturated carbocycles. The summed E-state index contributed by atoms with van der Waals surface area (Å²) in [6.45, 7) is 6.46. The van der Waals surface area contributed by atoms with Crippen LogP contribution >= 0.6 is 11.7 Å². The molecule has 6 nitrogen and oxygen atoms in total. The van der Waals surface area contributed by atoms with Gasteiger partial charge in [0.25, 0.3) is 5.91 Å². The lowest BCUT2D eigenvalue weighted by molar-refractivity contribution is -0.150. The molecule has 17 heavy (non-hydrogen) atoms. The van der Waals surface area contributed by atoms with Crippen LogP contribution in [0.3, 0.4) is 0 Å². The summed E-state index contributed by atoms with van der Waals surface area (Å²) in [5, 5.41) is 11.8. The maximum atomic E-state index is 11.8. The Morgan fingerprint density at radius 2 is 1.94 bits per heavy atom. The summed E-state index contributed by atoms with van der Waals surface area (Å²) >= 11 is 0.931. The van der Waals surface area contributed by atoms with Crippen molar-refractivity contribution in [3.63, 3.8) is 0 Å². The number of carboxylic acids is 1. The van der Waals surface area contributed by atoms with Crippen LogP contribution in [-0.4, -0.2) is 31.3 Å². The van der Waals surface area contributed by atoms with Gasteiger partial charge in [-0.1, -0.05) is 0 Å². The van der Waals surface area contributed by atoms with Crippen molar-refractivity contribution < 1.29 is 14.7 Å². The smallest absolute Gasteiger partial charge is 0.311 e. The molecule has 0 spiro atoms. The number of amides is 1. The third-order valence-corrected chi connectivity index (χ3v) is 3.60. The van der Waals surface area contributed by atoms with Crippen molar-refractivity contribution >= 4 is 23.6 Å². The molecule has 1 aromatic heterocycles. The van der Waals surface area contributed by atoms with Gasteiger partial charge in [-0.2, -0.15) is 8.75 Å². The van der Waals surface area contributed by atoms with Crippen LogP contribution in [0.1, 0.15) is 38.2 Å². The Hall–Kier alpha value is -1.50. The first-order chi connectivity index (χ1) is 7.68. The van der Waals surface area contributed by atoms with Crippen LogP contribution in [0.15, 0.2) is 6.20 Å². The van der Waals surface area contributed by atoms with Gasteiger partial charge in [-0.15, -0.1) is 0 Å². The van der Waals surface area contributed by atoms with E-state index in [1.807, 2.05) is 0 Å². The molecule has 0 aliphatic rings. The zero-order valence-electron chi connectivity index (χ0n) is 10.1. The molecule has 0 saturated heterocycles. The normalized spacial score (nSPS) is 12.2. The van der Waals surface area contributed by atoms with E-state index in [2.05, 4.69) is 14.1 Å². The van der Waals surface area contributed by atoms with Crippen molar-refractivity contribution in [1.82, 2.24) is 14.1 Å². The van der Waals surface area contributed by atoms with Crippen molar-refractivity contribution in [3.05, 3.63) is 11.9 Å². The van der Waals surface area contributed by atoms with Crippen molar-refractivity contribution in [2.45, 2.75) is 33.2 Å². The number of hydrogen-bond acceptors (Lipinski definition) is 5. The standard InChI is InChI=1S/C10H15N3O3S/c1-9(2,8(15)16)10(3,4)12-7(14)6-5-11-17-13-6/h5H,1-4H3,(H,12,14)(H,15,16). The predicted molar refractivity (Wildman–Crippen MR) is 62.9 cm³/mol. The number of aromatic nitrogens is 2. The monoisotopic (exact) mass is 257 g/mol. The lowest BCUT2D eigenvalue weighted by atomic mass is 9.74. The van der Waals surface area contributed by atoms with Crippen molar-refractivity contribution in [2.75, 3.05) is 0 Å². The first-order valence-electron chi connectivity index (χ1n) is 5.02. The first kappa shape index (κ1) is 13.6. The highest BCUT2D eigenvalue weighted by Crippen LogP contribution is 2.30. The Balaban J connectivity index is 2.87. The van der Waals surface area contributed by atoms with Crippen LogP contribution in [0.2, 0.25) is 0 Å². The van der Waals surface area contributed by atoms with E-state index in [-0.39, 0.29) is 5.69 Å². The van der Waals surface area contributed by atoms with Gasteiger partial charge in [0.05, 0.1) is 28.9 Å². The van der Waals surface area contributed by atoms with Gasteiger partial charge in [-0.05, 0) is 27.7 Å². The predicted octanol–water partition coefficient (Wildman–Crippen LogP) is 1.16. The molecule has 0 atom stereocenters. The van der Waals surface area contributed by atoms with Gasteiger partial charge in [0, 0.05) is 0 Å². The molecular weight excluding hydrogens is 242 g/mol. The number of aliphatic carboxylic acids is 1. The lowest BCUT2D eigenvalue weighted by Crippen LogP contribution is -2.57. The summed E-state index contributed by atoms with van der Waals surface area (Å²) in [5.41, 5.74) is -1.80. The average Bonchev–Trinajstić information content (AvgIpc) is 2.68. The van der Waals surface area contributed by atoms with Gasteiger partial charge in [-0.25, -0.2) is 0 Å². The third-order valence-electron chi connectivity index (χ3n) is 3.12. The molecule has 7 heteroatoms. The second-order valence-electron chi connectivity index (χ2n) is 4.80. The Bertz CT molecular complexity index is 426. The second kappa shape index (κ2) is 4.40. The van der Waals surface area contributed by atoms with E-state index in [1.165, 1.54) is 6.20 Å². The summed E-state index contributed by atoms with van der Waals surface area (Å²) in [5.74, 6) is -1.39. The fourth-order valence-corrected chi connectivity index (χ4v) is 1.45. The highest BCUT2D eigenvalue weighted by atomic mass is 32.1.